The van der Waals surface area contributed by atoms with Crippen LogP contribution in [-0.2, 0) is 11.3 Å². The van der Waals surface area contributed by atoms with E-state index in [1.165, 1.54) is 34.1 Å². The maximum absolute atomic E-state index is 12.2. The molecule has 0 saturated heterocycles. The first-order chi connectivity index (χ1) is 14.5. The summed E-state index contributed by atoms with van der Waals surface area (Å²) in [6.45, 7) is 0.246. The Bertz CT molecular complexity index is 1280. The van der Waals surface area contributed by atoms with Crippen LogP contribution in [0, 0.1) is 10.1 Å². The smallest absolute Gasteiger partial charge is 0.407 e. The van der Waals surface area contributed by atoms with Gasteiger partial charge in [0.25, 0.3) is 5.69 Å². The topological polar surface area (TPSA) is 133 Å². The number of nitro benzene ring substituents is 1. The average Bonchev–Trinajstić information content (AvgIpc) is 3.32. The number of nitrogens with one attached hydrogen (secondary N) is 1. The highest BCUT2D eigenvalue weighted by molar-refractivity contribution is 7.14. The number of nitrogens with zero attached hydrogens (tertiary/aromatic N) is 4. The lowest BCUT2D eigenvalue weighted by atomic mass is 10.2. The van der Waals surface area contributed by atoms with Crippen molar-refractivity contribution in [1.29, 1.82) is 0 Å². The lowest BCUT2D eigenvalue weighted by Gasteiger charge is -2.03. The first-order valence-electron chi connectivity index (χ1n) is 8.95. The Balaban J connectivity index is 1.36. The van der Waals surface area contributed by atoms with Gasteiger partial charge in [-0.3, -0.25) is 24.5 Å². The average molecular weight is 425 g/mol. The van der Waals surface area contributed by atoms with Crippen molar-refractivity contribution in [2.45, 2.75) is 19.4 Å². The fourth-order valence-corrected chi connectivity index (χ4v) is 3.67. The molecule has 10 nitrogen and oxygen atoms in total. The molecule has 0 aliphatic carbocycles. The van der Waals surface area contributed by atoms with Gasteiger partial charge in [0.1, 0.15) is 0 Å². The first kappa shape index (κ1) is 19.5. The summed E-state index contributed by atoms with van der Waals surface area (Å²) in [6.07, 6.45) is 3.93. The molecule has 0 fully saturated rings. The Hall–Kier alpha value is -3.86. The minimum absolute atomic E-state index is 0.143. The largest absolute Gasteiger partial charge is 0.419 e. The lowest BCUT2D eigenvalue weighted by Crippen LogP contribution is -2.17. The van der Waals surface area contributed by atoms with Crippen LogP contribution >= 0.6 is 11.3 Å². The van der Waals surface area contributed by atoms with Crippen molar-refractivity contribution in [2.24, 2.45) is 0 Å². The number of aryl methyl sites for hydroxylation is 1. The van der Waals surface area contributed by atoms with Crippen molar-refractivity contribution in [3.05, 3.63) is 68.8 Å². The number of amides is 1. The number of carbonyl (C=O) groups is 1. The van der Waals surface area contributed by atoms with Crippen LogP contribution in [0.15, 0.2) is 57.3 Å². The van der Waals surface area contributed by atoms with E-state index in [1.54, 1.807) is 12.4 Å². The number of nitro groups is 1. The molecule has 0 atom stereocenters. The van der Waals surface area contributed by atoms with E-state index in [4.69, 9.17) is 4.42 Å². The van der Waals surface area contributed by atoms with Gasteiger partial charge in [-0.1, -0.05) is 0 Å². The maximum Gasteiger partial charge on any atom is 0.419 e. The van der Waals surface area contributed by atoms with E-state index in [9.17, 15) is 19.7 Å². The minimum Gasteiger partial charge on any atom is -0.407 e. The molecular weight excluding hydrogens is 410 g/mol. The molecule has 3 heterocycles. The molecule has 30 heavy (non-hydrogen) atoms. The molecule has 0 aliphatic heterocycles. The zero-order valence-corrected chi connectivity index (χ0v) is 16.3. The molecular formula is C19H15N5O5S. The fraction of sp³-hybridized carbons (Fsp3) is 0.158. The zero-order valence-electron chi connectivity index (χ0n) is 15.5. The van der Waals surface area contributed by atoms with Crippen LogP contribution in [0.25, 0.3) is 22.4 Å². The SMILES string of the molecule is O=C(CCCn1c(=O)oc2cc([N+](=O)[O-])ccc21)Nc1nc(-c2cccnc2)cs1. The van der Waals surface area contributed by atoms with E-state index in [2.05, 4.69) is 15.3 Å². The number of hydrogen-bond acceptors (Lipinski definition) is 8. The van der Waals surface area contributed by atoms with Crippen molar-refractivity contribution in [1.82, 2.24) is 14.5 Å². The highest BCUT2D eigenvalue weighted by Crippen LogP contribution is 2.24. The number of pyridine rings is 1. The molecule has 1 amide bonds. The number of rotatable bonds is 7. The van der Waals surface area contributed by atoms with Crippen molar-refractivity contribution in [2.75, 3.05) is 5.32 Å². The molecule has 0 radical (unpaired) electrons. The van der Waals surface area contributed by atoms with Crippen molar-refractivity contribution >= 4 is 39.2 Å². The molecule has 1 aromatic carbocycles. The third-order valence-electron chi connectivity index (χ3n) is 4.36. The first-order valence-corrected chi connectivity index (χ1v) is 9.83. The zero-order chi connectivity index (χ0) is 21.1. The molecule has 0 unspecified atom stereocenters. The van der Waals surface area contributed by atoms with Crippen LogP contribution in [0.1, 0.15) is 12.8 Å². The molecule has 11 heteroatoms. The van der Waals surface area contributed by atoms with Gasteiger partial charge in [-0.2, -0.15) is 0 Å². The number of non-ortho nitro benzene ring substituents is 1. The predicted molar refractivity (Wildman–Crippen MR) is 110 cm³/mol. The van der Waals surface area contributed by atoms with Crippen molar-refractivity contribution in [3.8, 4) is 11.3 Å². The van der Waals surface area contributed by atoms with E-state index in [0.29, 0.717) is 17.1 Å². The second kappa shape index (κ2) is 8.25. The second-order valence-corrected chi connectivity index (χ2v) is 7.22. The maximum atomic E-state index is 12.2. The van der Waals surface area contributed by atoms with Crippen molar-refractivity contribution < 1.29 is 14.1 Å². The van der Waals surface area contributed by atoms with Crippen LogP contribution in [0.5, 0.6) is 0 Å². The molecule has 152 valence electrons. The fourth-order valence-electron chi connectivity index (χ4n) is 2.94. The number of thiazole rings is 1. The summed E-state index contributed by atoms with van der Waals surface area (Å²) in [4.78, 5) is 43.0. The summed E-state index contributed by atoms with van der Waals surface area (Å²) in [5.41, 5.74) is 2.03. The Morgan fingerprint density at radius 2 is 2.20 bits per heavy atom. The third kappa shape index (κ3) is 4.10. The Morgan fingerprint density at radius 3 is 2.97 bits per heavy atom. The van der Waals surface area contributed by atoms with E-state index in [-0.39, 0.29) is 30.1 Å². The summed E-state index contributed by atoms with van der Waals surface area (Å²) in [6, 6.07) is 7.68. The van der Waals surface area contributed by atoms with Gasteiger partial charge in [0.15, 0.2) is 10.7 Å². The Kier molecular flexibility index (Phi) is 5.35. The molecule has 4 aromatic rings. The number of anilines is 1. The van der Waals surface area contributed by atoms with Crippen LogP contribution in [0.2, 0.25) is 0 Å². The van der Waals surface area contributed by atoms with E-state index in [0.717, 1.165) is 11.3 Å². The highest BCUT2D eigenvalue weighted by atomic mass is 32.1. The van der Waals surface area contributed by atoms with Crippen molar-refractivity contribution in [3.63, 3.8) is 0 Å². The Morgan fingerprint density at radius 1 is 1.33 bits per heavy atom. The molecule has 0 bridgehead atoms. The standard InChI is InChI=1S/C19H15N5O5S/c25-17(22-18-21-14(11-30-18)12-3-1-7-20-10-12)4-2-8-23-15-6-5-13(24(27)28)9-16(15)29-19(23)26/h1,3,5-7,9-11H,2,4,8H2,(H,21,22,25). The van der Waals surface area contributed by atoms with Crippen LogP contribution in [-0.4, -0.2) is 25.4 Å². The number of benzene rings is 1. The van der Waals surface area contributed by atoms with Gasteiger partial charge in [-0.25, -0.2) is 9.78 Å². The monoisotopic (exact) mass is 425 g/mol. The Labute approximate surface area is 173 Å². The molecule has 0 spiro atoms. The van der Waals surface area contributed by atoms with Crippen LogP contribution in [0.4, 0.5) is 10.8 Å². The van der Waals surface area contributed by atoms with Gasteiger partial charge in [-0.05, 0) is 24.6 Å². The van der Waals surface area contributed by atoms with Gasteiger partial charge in [0.2, 0.25) is 5.91 Å². The molecule has 4 rings (SSSR count). The third-order valence-corrected chi connectivity index (χ3v) is 5.11. The molecule has 1 N–H and O–H groups in total. The summed E-state index contributed by atoms with van der Waals surface area (Å²) in [7, 11) is 0. The van der Waals surface area contributed by atoms with Crippen LogP contribution in [0.3, 0.4) is 0 Å². The minimum atomic E-state index is -0.619. The van der Waals surface area contributed by atoms with E-state index < -0.39 is 10.7 Å². The number of aromatic nitrogens is 3. The number of oxazole rings is 1. The van der Waals surface area contributed by atoms with Crippen LogP contribution < -0.4 is 11.1 Å². The molecule has 0 aliphatic rings. The lowest BCUT2D eigenvalue weighted by molar-refractivity contribution is -0.384. The van der Waals surface area contributed by atoms with Gasteiger partial charge in [0, 0.05) is 42.4 Å². The summed E-state index contributed by atoms with van der Waals surface area (Å²) < 4.78 is 6.43. The predicted octanol–water partition coefficient (Wildman–Crippen LogP) is 3.44. The summed E-state index contributed by atoms with van der Waals surface area (Å²) >= 11 is 1.32. The summed E-state index contributed by atoms with van der Waals surface area (Å²) in [5, 5.41) is 15.9. The normalized spacial score (nSPS) is 10.9. The highest BCUT2D eigenvalue weighted by Gasteiger charge is 2.14. The van der Waals surface area contributed by atoms with Gasteiger partial charge in [-0.15, -0.1) is 11.3 Å². The number of carbonyl (C=O) groups excluding carboxylic acids is 1. The number of fused-ring (bicyclic) bond motifs is 1. The van der Waals surface area contributed by atoms with Gasteiger partial charge in [0.05, 0.1) is 22.2 Å². The second-order valence-electron chi connectivity index (χ2n) is 6.36. The molecule has 0 saturated carbocycles. The van der Waals surface area contributed by atoms with E-state index in [1.807, 2.05) is 17.5 Å². The quantitative estimate of drug-likeness (QED) is 0.354. The molecule has 3 aromatic heterocycles. The van der Waals surface area contributed by atoms with Gasteiger partial charge < -0.3 is 9.73 Å². The number of hydrogen-bond donors (Lipinski definition) is 1. The van der Waals surface area contributed by atoms with E-state index >= 15 is 0 Å². The van der Waals surface area contributed by atoms with Gasteiger partial charge >= 0.3 is 5.76 Å². The summed E-state index contributed by atoms with van der Waals surface area (Å²) in [5.74, 6) is -0.842.